The topological polar surface area (TPSA) is 55.1 Å². The molecule has 96 valence electrons. The first kappa shape index (κ1) is 14.3. The van der Waals surface area contributed by atoms with Crippen LogP contribution in [0.3, 0.4) is 0 Å². The largest absolute Gasteiger partial charge is 0.352 e. The van der Waals surface area contributed by atoms with Crippen molar-refractivity contribution in [3.8, 4) is 11.8 Å². The lowest BCUT2D eigenvalue weighted by Gasteiger charge is -2.18. The first-order valence-corrected chi connectivity index (χ1v) is 5.99. The SMILES string of the molecule is CC(C)(C)CNC(=O)c1cccc(C#CCN)c1. The fourth-order valence-corrected chi connectivity index (χ4v) is 1.34. The van der Waals surface area contributed by atoms with Crippen LogP contribution in [-0.2, 0) is 0 Å². The highest BCUT2D eigenvalue weighted by molar-refractivity contribution is 5.94. The minimum absolute atomic E-state index is 0.0682. The zero-order valence-corrected chi connectivity index (χ0v) is 11.2. The number of nitrogens with two attached hydrogens (primary N) is 1. The van der Waals surface area contributed by atoms with E-state index in [9.17, 15) is 4.79 Å². The van der Waals surface area contributed by atoms with Crippen LogP contribution in [0.5, 0.6) is 0 Å². The summed E-state index contributed by atoms with van der Waals surface area (Å²) in [4.78, 5) is 11.9. The summed E-state index contributed by atoms with van der Waals surface area (Å²) in [5.74, 6) is 5.62. The molecule has 3 heteroatoms. The molecular weight excluding hydrogens is 224 g/mol. The second kappa shape index (κ2) is 6.23. The van der Waals surface area contributed by atoms with E-state index in [2.05, 4.69) is 37.9 Å². The summed E-state index contributed by atoms with van der Waals surface area (Å²) < 4.78 is 0. The van der Waals surface area contributed by atoms with Gasteiger partial charge in [0.05, 0.1) is 6.54 Å². The fraction of sp³-hybridized carbons (Fsp3) is 0.400. The molecule has 0 spiro atoms. The average Bonchev–Trinajstić information content (AvgIpc) is 2.33. The molecule has 1 aromatic rings. The molecule has 0 saturated heterocycles. The molecule has 3 nitrogen and oxygen atoms in total. The number of carbonyl (C=O) groups excluding carboxylic acids is 1. The van der Waals surface area contributed by atoms with Gasteiger partial charge in [0, 0.05) is 17.7 Å². The summed E-state index contributed by atoms with van der Waals surface area (Å²) in [6.45, 7) is 7.20. The lowest BCUT2D eigenvalue weighted by Crippen LogP contribution is -2.32. The van der Waals surface area contributed by atoms with Crippen LogP contribution >= 0.6 is 0 Å². The van der Waals surface area contributed by atoms with E-state index in [1.54, 1.807) is 12.1 Å². The summed E-state index contributed by atoms with van der Waals surface area (Å²) in [7, 11) is 0. The number of nitrogens with one attached hydrogen (secondary N) is 1. The fourth-order valence-electron chi connectivity index (χ4n) is 1.34. The predicted octanol–water partition coefficient (Wildman–Crippen LogP) is 1.77. The van der Waals surface area contributed by atoms with Crippen LogP contribution in [0.15, 0.2) is 24.3 Å². The maximum Gasteiger partial charge on any atom is 0.251 e. The van der Waals surface area contributed by atoms with Crippen molar-refractivity contribution in [2.75, 3.05) is 13.1 Å². The molecule has 0 radical (unpaired) electrons. The van der Waals surface area contributed by atoms with Crippen molar-refractivity contribution in [1.29, 1.82) is 0 Å². The molecule has 0 bridgehead atoms. The summed E-state index contributed by atoms with van der Waals surface area (Å²) >= 11 is 0. The van der Waals surface area contributed by atoms with Crippen LogP contribution in [-0.4, -0.2) is 19.0 Å². The Bertz CT molecular complexity index is 475. The number of benzene rings is 1. The quantitative estimate of drug-likeness (QED) is 0.779. The molecule has 0 fully saturated rings. The summed E-state index contributed by atoms with van der Waals surface area (Å²) in [5.41, 5.74) is 6.83. The van der Waals surface area contributed by atoms with E-state index >= 15 is 0 Å². The van der Waals surface area contributed by atoms with E-state index in [0.29, 0.717) is 18.7 Å². The van der Waals surface area contributed by atoms with Crippen LogP contribution in [0, 0.1) is 17.3 Å². The molecule has 0 aliphatic carbocycles. The Kier molecular flexibility index (Phi) is 4.94. The molecule has 1 aromatic carbocycles. The van der Waals surface area contributed by atoms with Gasteiger partial charge in [-0.25, -0.2) is 0 Å². The Balaban J connectivity index is 2.74. The summed E-state index contributed by atoms with van der Waals surface area (Å²) in [5, 5.41) is 2.91. The van der Waals surface area contributed by atoms with Crippen molar-refractivity contribution in [3.05, 3.63) is 35.4 Å². The van der Waals surface area contributed by atoms with Crippen LogP contribution < -0.4 is 11.1 Å². The number of hydrogen-bond donors (Lipinski definition) is 2. The smallest absolute Gasteiger partial charge is 0.251 e. The average molecular weight is 244 g/mol. The Hall–Kier alpha value is -1.79. The zero-order chi connectivity index (χ0) is 13.6. The molecule has 0 atom stereocenters. The highest BCUT2D eigenvalue weighted by atomic mass is 16.1. The van der Waals surface area contributed by atoms with Crippen LogP contribution in [0.1, 0.15) is 36.7 Å². The molecule has 1 amide bonds. The van der Waals surface area contributed by atoms with Gasteiger partial charge in [-0.3, -0.25) is 4.79 Å². The Morgan fingerprint density at radius 2 is 2.11 bits per heavy atom. The van der Waals surface area contributed by atoms with Crippen LogP contribution in [0.2, 0.25) is 0 Å². The van der Waals surface area contributed by atoms with Gasteiger partial charge < -0.3 is 11.1 Å². The Labute approximate surface area is 109 Å². The van der Waals surface area contributed by atoms with E-state index < -0.39 is 0 Å². The highest BCUT2D eigenvalue weighted by Crippen LogP contribution is 2.11. The van der Waals surface area contributed by atoms with E-state index in [1.165, 1.54) is 0 Å². The minimum atomic E-state index is -0.0682. The minimum Gasteiger partial charge on any atom is -0.352 e. The molecule has 0 unspecified atom stereocenters. The molecule has 1 rings (SSSR count). The predicted molar refractivity (Wildman–Crippen MR) is 74.2 cm³/mol. The molecular formula is C15H20N2O. The van der Waals surface area contributed by atoms with Gasteiger partial charge in [0.1, 0.15) is 0 Å². The first-order chi connectivity index (χ1) is 8.42. The molecule has 0 aliphatic heterocycles. The lowest BCUT2D eigenvalue weighted by molar-refractivity contribution is 0.0939. The number of amides is 1. The van der Waals surface area contributed by atoms with E-state index in [1.807, 2.05) is 12.1 Å². The zero-order valence-electron chi connectivity index (χ0n) is 11.2. The third-order valence-corrected chi connectivity index (χ3v) is 2.24. The van der Waals surface area contributed by atoms with Crippen molar-refractivity contribution in [2.24, 2.45) is 11.1 Å². The Morgan fingerprint density at radius 3 is 2.72 bits per heavy atom. The second-order valence-electron chi connectivity index (χ2n) is 5.33. The van der Waals surface area contributed by atoms with Gasteiger partial charge in [0.25, 0.3) is 5.91 Å². The normalized spacial score (nSPS) is 10.4. The van der Waals surface area contributed by atoms with Gasteiger partial charge in [-0.2, -0.15) is 0 Å². The van der Waals surface area contributed by atoms with Crippen LogP contribution in [0.25, 0.3) is 0 Å². The van der Waals surface area contributed by atoms with Gasteiger partial charge in [-0.15, -0.1) is 0 Å². The lowest BCUT2D eigenvalue weighted by atomic mass is 9.97. The van der Waals surface area contributed by atoms with E-state index in [-0.39, 0.29) is 11.3 Å². The summed E-state index contributed by atoms with van der Waals surface area (Å²) in [6.07, 6.45) is 0. The van der Waals surface area contributed by atoms with Crippen LogP contribution in [0.4, 0.5) is 0 Å². The molecule has 0 aromatic heterocycles. The maximum absolute atomic E-state index is 11.9. The van der Waals surface area contributed by atoms with Crippen molar-refractivity contribution in [3.63, 3.8) is 0 Å². The Morgan fingerprint density at radius 1 is 1.39 bits per heavy atom. The van der Waals surface area contributed by atoms with Crippen molar-refractivity contribution in [2.45, 2.75) is 20.8 Å². The van der Waals surface area contributed by atoms with Crippen molar-refractivity contribution >= 4 is 5.91 Å². The number of rotatable bonds is 2. The standard InChI is InChI=1S/C15H20N2O/c1-15(2,3)11-17-14(18)13-8-4-6-12(10-13)7-5-9-16/h4,6,8,10H,9,11,16H2,1-3H3,(H,17,18). The van der Waals surface area contributed by atoms with Gasteiger partial charge in [0.15, 0.2) is 0 Å². The van der Waals surface area contributed by atoms with E-state index in [4.69, 9.17) is 5.73 Å². The molecule has 0 aliphatic rings. The molecule has 3 N–H and O–H groups in total. The van der Waals surface area contributed by atoms with Gasteiger partial charge in [0.2, 0.25) is 0 Å². The van der Waals surface area contributed by atoms with Crippen molar-refractivity contribution in [1.82, 2.24) is 5.32 Å². The molecule has 0 heterocycles. The van der Waals surface area contributed by atoms with Gasteiger partial charge in [-0.05, 0) is 23.6 Å². The monoisotopic (exact) mass is 244 g/mol. The highest BCUT2D eigenvalue weighted by Gasteiger charge is 2.12. The maximum atomic E-state index is 11.9. The van der Waals surface area contributed by atoms with Gasteiger partial charge in [-0.1, -0.05) is 38.7 Å². The van der Waals surface area contributed by atoms with Gasteiger partial charge >= 0.3 is 0 Å². The second-order valence-corrected chi connectivity index (χ2v) is 5.33. The summed E-state index contributed by atoms with van der Waals surface area (Å²) in [6, 6.07) is 7.25. The van der Waals surface area contributed by atoms with Crippen molar-refractivity contribution < 1.29 is 4.79 Å². The first-order valence-electron chi connectivity index (χ1n) is 5.99. The molecule has 18 heavy (non-hydrogen) atoms. The third-order valence-electron chi connectivity index (χ3n) is 2.24. The number of carbonyl (C=O) groups is 1. The number of hydrogen-bond acceptors (Lipinski definition) is 2. The molecule has 0 saturated carbocycles. The van der Waals surface area contributed by atoms with E-state index in [0.717, 1.165) is 5.56 Å². The third kappa shape index (κ3) is 5.03.